The molecule has 3 rings (SSSR count). The van der Waals surface area contributed by atoms with Crippen LogP contribution in [0.3, 0.4) is 0 Å². The van der Waals surface area contributed by atoms with Crippen LogP contribution in [0.1, 0.15) is 27.0 Å². The van der Waals surface area contributed by atoms with Gasteiger partial charge in [-0.3, -0.25) is 19.7 Å². The third-order valence-corrected chi connectivity index (χ3v) is 4.83. The second-order valence-corrected chi connectivity index (χ2v) is 7.16. The zero-order chi connectivity index (χ0) is 23.8. The third-order valence-electron chi connectivity index (χ3n) is 4.83. The molecule has 0 saturated heterocycles. The molecule has 0 aromatic heterocycles. The van der Waals surface area contributed by atoms with Crippen molar-refractivity contribution in [2.24, 2.45) is 5.10 Å². The molecule has 9 heteroatoms. The zero-order valence-electron chi connectivity index (χ0n) is 18.1. The van der Waals surface area contributed by atoms with Crippen LogP contribution in [-0.4, -0.2) is 29.6 Å². The van der Waals surface area contributed by atoms with Gasteiger partial charge in [-0.05, 0) is 60.9 Å². The second-order valence-electron chi connectivity index (χ2n) is 7.16. The molecule has 0 aliphatic carbocycles. The van der Waals surface area contributed by atoms with E-state index in [2.05, 4.69) is 15.8 Å². The number of carbonyl (C=O) groups is 2. The van der Waals surface area contributed by atoms with Gasteiger partial charge in [0.15, 0.2) is 6.61 Å². The lowest BCUT2D eigenvalue weighted by Gasteiger charge is -2.11. The highest BCUT2D eigenvalue weighted by Gasteiger charge is 2.09. The van der Waals surface area contributed by atoms with Crippen LogP contribution in [0.25, 0.3) is 0 Å². The maximum absolute atomic E-state index is 12.2. The van der Waals surface area contributed by atoms with E-state index in [1.807, 2.05) is 32.0 Å². The third kappa shape index (κ3) is 6.47. The maximum atomic E-state index is 12.2. The van der Waals surface area contributed by atoms with E-state index in [4.69, 9.17) is 4.74 Å². The fourth-order valence-corrected chi connectivity index (χ4v) is 2.87. The molecule has 0 heterocycles. The number of nitro benzene ring substituents is 1. The van der Waals surface area contributed by atoms with Crippen molar-refractivity contribution < 1.29 is 19.2 Å². The first-order valence-corrected chi connectivity index (χ1v) is 10.0. The van der Waals surface area contributed by atoms with Crippen molar-refractivity contribution in [3.05, 3.63) is 99.1 Å². The molecule has 9 nitrogen and oxygen atoms in total. The Balaban J connectivity index is 1.53. The molecule has 168 valence electrons. The smallest absolute Gasteiger partial charge is 0.271 e. The number of nitro groups is 1. The Labute approximate surface area is 190 Å². The van der Waals surface area contributed by atoms with Crippen molar-refractivity contribution in [2.45, 2.75) is 13.8 Å². The highest BCUT2D eigenvalue weighted by atomic mass is 16.6. The topological polar surface area (TPSA) is 123 Å². The molecule has 0 fully saturated rings. The van der Waals surface area contributed by atoms with Crippen LogP contribution in [0.15, 0.2) is 71.8 Å². The lowest BCUT2D eigenvalue weighted by Crippen LogP contribution is -2.20. The van der Waals surface area contributed by atoms with Crippen molar-refractivity contribution in [1.82, 2.24) is 5.43 Å². The Bertz CT molecular complexity index is 1210. The number of ether oxygens (including phenoxy) is 1. The summed E-state index contributed by atoms with van der Waals surface area (Å²) >= 11 is 0. The van der Waals surface area contributed by atoms with E-state index < -0.39 is 10.8 Å². The molecular formula is C24H22N4O5. The molecular weight excluding hydrogens is 424 g/mol. The van der Waals surface area contributed by atoms with Gasteiger partial charge in [-0.25, -0.2) is 5.43 Å². The van der Waals surface area contributed by atoms with Gasteiger partial charge in [0.1, 0.15) is 5.75 Å². The van der Waals surface area contributed by atoms with Crippen LogP contribution in [0, 0.1) is 24.0 Å². The summed E-state index contributed by atoms with van der Waals surface area (Å²) in [6.07, 6.45) is 1.42. The molecule has 3 aromatic carbocycles. The van der Waals surface area contributed by atoms with Gasteiger partial charge in [0.25, 0.3) is 17.5 Å². The monoisotopic (exact) mass is 446 g/mol. The number of hydrazone groups is 1. The van der Waals surface area contributed by atoms with E-state index in [0.29, 0.717) is 11.3 Å². The Hall–Kier alpha value is -4.53. The normalized spacial score (nSPS) is 10.6. The summed E-state index contributed by atoms with van der Waals surface area (Å²) in [5, 5.41) is 17.4. The van der Waals surface area contributed by atoms with Crippen LogP contribution < -0.4 is 15.5 Å². The van der Waals surface area contributed by atoms with E-state index in [1.54, 1.807) is 24.3 Å². The minimum atomic E-state index is -0.540. The number of nitrogens with zero attached hydrogens (tertiary/aromatic N) is 2. The lowest BCUT2D eigenvalue weighted by molar-refractivity contribution is -0.384. The fraction of sp³-hybridized carbons (Fsp3) is 0.125. The van der Waals surface area contributed by atoms with Gasteiger partial charge in [-0.1, -0.05) is 24.3 Å². The average Bonchev–Trinajstić information content (AvgIpc) is 2.81. The molecule has 0 saturated carbocycles. The predicted octanol–water partition coefficient (Wildman–Crippen LogP) is 3.99. The molecule has 0 spiro atoms. The zero-order valence-corrected chi connectivity index (χ0v) is 18.1. The Morgan fingerprint density at radius 1 is 1.06 bits per heavy atom. The van der Waals surface area contributed by atoms with Crippen LogP contribution in [0.4, 0.5) is 11.4 Å². The van der Waals surface area contributed by atoms with Crippen LogP contribution in [-0.2, 0) is 4.79 Å². The largest absolute Gasteiger partial charge is 0.484 e. The van der Waals surface area contributed by atoms with Gasteiger partial charge in [-0.2, -0.15) is 5.10 Å². The molecule has 3 aromatic rings. The number of benzene rings is 3. The summed E-state index contributed by atoms with van der Waals surface area (Å²) in [5.74, 6) is -0.313. The highest BCUT2D eigenvalue weighted by Crippen LogP contribution is 2.18. The quantitative estimate of drug-likeness (QED) is 0.308. The number of hydrogen-bond acceptors (Lipinski definition) is 6. The number of amides is 2. The lowest BCUT2D eigenvalue weighted by atomic mass is 10.1. The summed E-state index contributed by atoms with van der Waals surface area (Å²) in [4.78, 5) is 34.5. The molecule has 0 aliphatic rings. The molecule has 0 radical (unpaired) electrons. The van der Waals surface area contributed by atoms with Crippen molar-refractivity contribution in [2.75, 3.05) is 11.9 Å². The maximum Gasteiger partial charge on any atom is 0.271 e. The molecule has 0 unspecified atom stereocenters. The van der Waals surface area contributed by atoms with E-state index in [1.165, 1.54) is 30.5 Å². The summed E-state index contributed by atoms with van der Waals surface area (Å²) < 4.78 is 5.56. The number of hydrogen-bond donors (Lipinski definition) is 2. The van der Waals surface area contributed by atoms with Gasteiger partial charge in [0.2, 0.25) is 0 Å². The van der Waals surface area contributed by atoms with Crippen LogP contribution in [0.2, 0.25) is 0 Å². The minimum Gasteiger partial charge on any atom is -0.484 e. The minimum absolute atomic E-state index is 0.102. The average molecular weight is 446 g/mol. The van der Waals surface area contributed by atoms with Crippen LogP contribution >= 0.6 is 0 Å². The number of anilines is 1. The van der Waals surface area contributed by atoms with Gasteiger partial charge in [0, 0.05) is 23.4 Å². The Kier molecular flexibility index (Phi) is 7.48. The van der Waals surface area contributed by atoms with Crippen molar-refractivity contribution >= 4 is 29.4 Å². The van der Waals surface area contributed by atoms with E-state index in [0.717, 1.165) is 16.8 Å². The van der Waals surface area contributed by atoms with Gasteiger partial charge in [0.05, 0.1) is 11.1 Å². The summed E-state index contributed by atoms with van der Waals surface area (Å²) in [6, 6.07) is 17.7. The first-order chi connectivity index (χ1) is 15.8. The first-order valence-electron chi connectivity index (χ1n) is 10.0. The predicted molar refractivity (Wildman–Crippen MR) is 125 cm³/mol. The molecule has 2 amide bonds. The van der Waals surface area contributed by atoms with E-state index in [-0.39, 0.29) is 23.8 Å². The second kappa shape index (κ2) is 10.7. The van der Waals surface area contributed by atoms with Crippen molar-refractivity contribution in [3.63, 3.8) is 0 Å². The molecule has 33 heavy (non-hydrogen) atoms. The number of carbonyl (C=O) groups excluding carboxylic acids is 2. The van der Waals surface area contributed by atoms with E-state index in [9.17, 15) is 19.7 Å². The summed E-state index contributed by atoms with van der Waals surface area (Å²) in [6.45, 7) is 3.75. The highest BCUT2D eigenvalue weighted by molar-refractivity contribution is 5.95. The van der Waals surface area contributed by atoms with Gasteiger partial charge >= 0.3 is 0 Å². The molecule has 2 N–H and O–H groups in total. The Morgan fingerprint density at radius 3 is 2.52 bits per heavy atom. The van der Waals surface area contributed by atoms with Crippen molar-refractivity contribution in [3.8, 4) is 5.75 Å². The Morgan fingerprint density at radius 2 is 1.79 bits per heavy atom. The number of rotatable bonds is 8. The standard InChI is InChI=1S/C24H22N4O5/c1-16-5-3-8-22(17(16)2)26-23(29)15-33-21-7-4-6-18(13-21)14-25-27-24(30)19-9-11-20(12-10-19)28(31)32/h3-14H,15H2,1-2H3,(H,26,29)(H,27,30)/b25-14+. The van der Waals surface area contributed by atoms with E-state index >= 15 is 0 Å². The first kappa shape index (κ1) is 23.1. The summed E-state index contributed by atoms with van der Waals surface area (Å²) in [7, 11) is 0. The SMILES string of the molecule is Cc1cccc(NC(=O)COc2cccc(/C=N/NC(=O)c3ccc([N+](=O)[O-])cc3)c2)c1C. The van der Waals surface area contributed by atoms with Gasteiger partial charge < -0.3 is 10.1 Å². The number of nitrogens with one attached hydrogen (secondary N) is 2. The molecule has 0 bridgehead atoms. The van der Waals surface area contributed by atoms with Crippen molar-refractivity contribution in [1.29, 1.82) is 0 Å². The molecule has 0 atom stereocenters. The summed E-state index contributed by atoms with van der Waals surface area (Å²) in [5.41, 5.74) is 5.97. The number of non-ortho nitro benzene ring substituents is 1. The fourth-order valence-electron chi connectivity index (χ4n) is 2.87. The van der Waals surface area contributed by atoms with Crippen LogP contribution in [0.5, 0.6) is 5.75 Å². The van der Waals surface area contributed by atoms with Gasteiger partial charge in [-0.15, -0.1) is 0 Å². The number of aryl methyl sites for hydroxylation is 1. The molecule has 0 aliphatic heterocycles.